The molecule has 1 aliphatic rings. The van der Waals surface area contributed by atoms with Gasteiger partial charge in [-0.15, -0.1) is 0 Å². The molecule has 0 bridgehead atoms. The summed E-state index contributed by atoms with van der Waals surface area (Å²) in [5, 5.41) is 0. The quantitative estimate of drug-likeness (QED) is 0.649. The van der Waals surface area contributed by atoms with Crippen LogP contribution in [-0.4, -0.2) is 42.5 Å². The van der Waals surface area contributed by atoms with Gasteiger partial charge in [-0.25, -0.2) is 0 Å². The third kappa shape index (κ3) is 4.31. The molecule has 0 radical (unpaired) electrons. The SMILES string of the molecule is CCC[C@H]1C(=NC(C)C)[C@@H](COC)N1C(c1ccccc1)c1ccccc1. The summed E-state index contributed by atoms with van der Waals surface area (Å²) in [4.78, 5) is 7.62. The van der Waals surface area contributed by atoms with Crippen molar-refractivity contribution in [3.05, 3.63) is 71.8 Å². The Balaban J connectivity index is 2.05. The molecule has 0 aliphatic carbocycles. The van der Waals surface area contributed by atoms with Crippen molar-refractivity contribution in [2.45, 2.75) is 57.8 Å². The van der Waals surface area contributed by atoms with Gasteiger partial charge in [0.1, 0.15) is 0 Å². The van der Waals surface area contributed by atoms with E-state index < -0.39 is 0 Å². The summed E-state index contributed by atoms with van der Waals surface area (Å²) in [5.41, 5.74) is 3.97. The Kier molecular flexibility index (Phi) is 6.81. The van der Waals surface area contributed by atoms with E-state index >= 15 is 0 Å². The van der Waals surface area contributed by atoms with Crippen LogP contribution in [0.3, 0.4) is 0 Å². The van der Waals surface area contributed by atoms with E-state index in [2.05, 4.69) is 86.3 Å². The molecule has 0 saturated carbocycles. The fourth-order valence-corrected chi connectivity index (χ4v) is 4.20. The number of benzene rings is 2. The largest absolute Gasteiger partial charge is 0.383 e. The molecule has 1 heterocycles. The van der Waals surface area contributed by atoms with Crippen LogP contribution in [0.5, 0.6) is 0 Å². The zero-order valence-electron chi connectivity index (χ0n) is 17.0. The molecule has 144 valence electrons. The van der Waals surface area contributed by atoms with Gasteiger partial charge in [0, 0.05) is 18.9 Å². The highest BCUT2D eigenvalue weighted by molar-refractivity contribution is 6.00. The van der Waals surface area contributed by atoms with Crippen molar-refractivity contribution in [2.75, 3.05) is 13.7 Å². The molecular formula is C24H32N2O. The predicted octanol–water partition coefficient (Wildman–Crippen LogP) is 5.12. The van der Waals surface area contributed by atoms with Gasteiger partial charge in [0.15, 0.2) is 0 Å². The molecule has 1 saturated heterocycles. The van der Waals surface area contributed by atoms with E-state index in [9.17, 15) is 0 Å². The van der Waals surface area contributed by atoms with Crippen LogP contribution in [0.15, 0.2) is 65.7 Å². The summed E-state index contributed by atoms with van der Waals surface area (Å²) in [5.74, 6) is 0. The van der Waals surface area contributed by atoms with Gasteiger partial charge in [0.05, 0.1) is 24.7 Å². The molecular weight excluding hydrogens is 332 g/mol. The number of methoxy groups -OCH3 is 1. The first kappa shape index (κ1) is 19.8. The number of rotatable bonds is 8. The summed E-state index contributed by atoms with van der Waals surface area (Å²) in [7, 11) is 1.79. The molecule has 0 amide bonds. The number of likely N-dealkylation sites (tertiary alicyclic amines) is 1. The third-order valence-corrected chi connectivity index (χ3v) is 5.23. The maximum atomic E-state index is 5.61. The molecule has 0 aromatic heterocycles. The number of hydrogen-bond donors (Lipinski definition) is 0. The van der Waals surface area contributed by atoms with Crippen LogP contribution in [0.1, 0.15) is 50.8 Å². The monoisotopic (exact) mass is 364 g/mol. The van der Waals surface area contributed by atoms with Crippen LogP contribution >= 0.6 is 0 Å². The molecule has 0 spiro atoms. The zero-order valence-corrected chi connectivity index (χ0v) is 17.0. The Morgan fingerprint density at radius 2 is 1.48 bits per heavy atom. The Labute approximate surface area is 164 Å². The number of hydrogen-bond acceptors (Lipinski definition) is 3. The van der Waals surface area contributed by atoms with Crippen molar-refractivity contribution < 1.29 is 4.74 Å². The average molecular weight is 365 g/mol. The Morgan fingerprint density at radius 3 is 1.93 bits per heavy atom. The second kappa shape index (κ2) is 9.29. The standard InChI is InChI=1S/C24H32N2O/c1-5-12-21-23(25-18(2)3)22(17-27-4)26(21)24(19-13-8-6-9-14-19)20-15-10-7-11-16-20/h6-11,13-16,18,21-22,24H,5,12,17H2,1-4H3/t21-,22+/m0/s1. The topological polar surface area (TPSA) is 24.8 Å². The lowest BCUT2D eigenvalue weighted by Crippen LogP contribution is -2.67. The third-order valence-electron chi connectivity index (χ3n) is 5.23. The van der Waals surface area contributed by atoms with Crippen LogP contribution in [0, 0.1) is 0 Å². The van der Waals surface area contributed by atoms with Gasteiger partial charge >= 0.3 is 0 Å². The van der Waals surface area contributed by atoms with E-state index in [0.717, 1.165) is 12.8 Å². The lowest BCUT2D eigenvalue weighted by Gasteiger charge is -2.54. The van der Waals surface area contributed by atoms with Gasteiger partial charge in [0.2, 0.25) is 0 Å². The molecule has 0 unspecified atom stereocenters. The second-order valence-electron chi connectivity index (χ2n) is 7.59. The minimum absolute atomic E-state index is 0.218. The number of ether oxygens (including phenoxy) is 1. The molecule has 3 heteroatoms. The first-order valence-corrected chi connectivity index (χ1v) is 10.1. The van der Waals surface area contributed by atoms with Crippen molar-refractivity contribution in [3.63, 3.8) is 0 Å². The molecule has 1 fully saturated rings. The first-order chi connectivity index (χ1) is 13.2. The van der Waals surface area contributed by atoms with E-state index in [1.165, 1.54) is 16.8 Å². The average Bonchev–Trinajstić information content (AvgIpc) is 2.69. The van der Waals surface area contributed by atoms with Crippen LogP contribution < -0.4 is 0 Å². The van der Waals surface area contributed by atoms with Crippen molar-refractivity contribution in [1.29, 1.82) is 0 Å². The molecule has 3 rings (SSSR count). The lowest BCUT2D eigenvalue weighted by atomic mass is 9.81. The minimum Gasteiger partial charge on any atom is -0.383 e. The molecule has 0 N–H and O–H groups in total. The maximum Gasteiger partial charge on any atom is 0.0742 e. The predicted molar refractivity (Wildman–Crippen MR) is 113 cm³/mol. The second-order valence-corrected chi connectivity index (χ2v) is 7.59. The van der Waals surface area contributed by atoms with E-state index in [1.807, 2.05) is 0 Å². The lowest BCUT2D eigenvalue weighted by molar-refractivity contribution is 0.0455. The first-order valence-electron chi connectivity index (χ1n) is 10.1. The molecule has 2 aromatic rings. The Hall–Kier alpha value is -1.97. The summed E-state index contributed by atoms with van der Waals surface area (Å²) >= 11 is 0. The van der Waals surface area contributed by atoms with Crippen LogP contribution in [0.4, 0.5) is 0 Å². The van der Waals surface area contributed by atoms with Crippen LogP contribution in [0.25, 0.3) is 0 Å². The van der Waals surface area contributed by atoms with Crippen molar-refractivity contribution in [2.24, 2.45) is 4.99 Å². The van der Waals surface area contributed by atoms with Crippen LogP contribution in [0.2, 0.25) is 0 Å². The van der Waals surface area contributed by atoms with Gasteiger partial charge in [-0.1, -0.05) is 74.0 Å². The molecule has 2 aromatic carbocycles. The van der Waals surface area contributed by atoms with Crippen LogP contribution in [-0.2, 0) is 4.74 Å². The smallest absolute Gasteiger partial charge is 0.0742 e. The van der Waals surface area contributed by atoms with Crippen molar-refractivity contribution >= 4 is 5.71 Å². The van der Waals surface area contributed by atoms with Gasteiger partial charge in [-0.3, -0.25) is 9.89 Å². The van der Waals surface area contributed by atoms with E-state index in [-0.39, 0.29) is 12.1 Å². The Morgan fingerprint density at radius 1 is 0.926 bits per heavy atom. The van der Waals surface area contributed by atoms with Crippen molar-refractivity contribution in [1.82, 2.24) is 4.90 Å². The minimum atomic E-state index is 0.218. The summed E-state index contributed by atoms with van der Waals surface area (Å²) < 4.78 is 5.61. The fraction of sp³-hybridized carbons (Fsp3) is 0.458. The zero-order chi connectivity index (χ0) is 19.2. The number of nitrogens with zero attached hydrogens (tertiary/aromatic N) is 2. The molecule has 1 aliphatic heterocycles. The van der Waals surface area contributed by atoms with E-state index in [4.69, 9.17) is 9.73 Å². The summed E-state index contributed by atoms with van der Waals surface area (Å²) in [6.45, 7) is 7.26. The summed E-state index contributed by atoms with van der Waals surface area (Å²) in [6.07, 6.45) is 2.27. The molecule has 3 nitrogen and oxygen atoms in total. The highest BCUT2D eigenvalue weighted by Crippen LogP contribution is 2.40. The highest BCUT2D eigenvalue weighted by atomic mass is 16.5. The summed E-state index contributed by atoms with van der Waals surface area (Å²) in [6, 6.07) is 22.8. The molecule has 2 atom stereocenters. The maximum absolute atomic E-state index is 5.61. The van der Waals surface area contributed by atoms with Gasteiger partial charge in [-0.2, -0.15) is 0 Å². The molecule has 27 heavy (non-hydrogen) atoms. The van der Waals surface area contributed by atoms with E-state index in [1.54, 1.807) is 7.11 Å². The van der Waals surface area contributed by atoms with Gasteiger partial charge < -0.3 is 4.74 Å². The van der Waals surface area contributed by atoms with E-state index in [0.29, 0.717) is 18.7 Å². The van der Waals surface area contributed by atoms with Gasteiger partial charge in [-0.05, 0) is 31.4 Å². The highest BCUT2D eigenvalue weighted by Gasteiger charge is 2.48. The Bertz CT molecular complexity index is 671. The number of aliphatic imine (C=N–C) groups is 1. The normalized spacial score (nSPS) is 21.8. The fourth-order valence-electron chi connectivity index (χ4n) is 4.20. The van der Waals surface area contributed by atoms with Crippen molar-refractivity contribution in [3.8, 4) is 0 Å². The van der Waals surface area contributed by atoms with Gasteiger partial charge in [0.25, 0.3) is 0 Å².